The zero-order chi connectivity index (χ0) is 9.59. The third-order valence-electron chi connectivity index (χ3n) is 1.97. The molecule has 0 atom stereocenters. The van der Waals surface area contributed by atoms with E-state index in [1.54, 1.807) is 18.2 Å². The molecule has 5 heteroatoms. The number of hydrogen-bond acceptors (Lipinski definition) is 4. The fraction of sp³-hybridized carbons (Fsp3) is 0. The van der Waals surface area contributed by atoms with Crippen molar-refractivity contribution in [3.05, 3.63) is 23.8 Å². The number of nitrogens with two attached hydrogens (primary N) is 2. The second kappa shape index (κ2) is 2.30. The second-order valence-electron chi connectivity index (χ2n) is 2.75. The smallest absolute Gasteiger partial charge is 0.313 e. The van der Waals surface area contributed by atoms with Crippen molar-refractivity contribution in [1.82, 2.24) is 0 Å². The van der Waals surface area contributed by atoms with Crippen LogP contribution in [-0.4, -0.2) is 11.7 Å². The van der Waals surface area contributed by atoms with Crippen LogP contribution in [0.15, 0.2) is 18.2 Å². The van der Waals surface area contributed by atoms with Gasteiger partial charge in [0.15, 0.2) is 0 Å². The van der Waals surface area contributed by atoms with Crippen molar-refractivity contribution >= 4 is 23.1 Å². The molecule has 1 aromatic rings. The molecule has 0 aromatic heterocycles. The second-order valence-corrected chi connectivity index (χ2v) is 2.75. The number of nitrogens with zero attached hydrogens (tertiary/aromatic N) is 1. The van der Waals surface area contributed by atoms with Gasteiger partial charge in [0.1, 0.15) is 0 Å². The van der Waals surface area contributed by atoms with E-state index in [2.05, 4.69) is 0 Å². The first kappa shape index (κ1) is 7.75. The minimum Gasteiger partial charge on any atom is -0.398 e. The number of carbonyl (C=O) groups excluding carboxylic acids is 2. The first-order chi connectivity index (χ1) is 6.13. The van der Waals surface area contributed by atoms with Gasteiger partial charge in [0.25, 0.3) is 5.78 Å². The maximum absolute atomic E-state index is 11.3. The van der Waals surface area contributed by atoms with Crippen molar-refractivity contribution < 1.29 is 9.59 Å². The zero-order valence-electron chi connectivity index (χ0n) is 6.65. The van der Waals surface area contributed by atoms with Crippen molar-refractivity contribution in [2.45, 2.75) is 0 Å². The van der Waals surface area contributed by atoms with Crippen molar-refractivity contribution in [2.24, 2.45) is 5.84 Å². The van der Waals surface area contributed by atoms with Gasteiger partial charge in [-0.3, -0.25) is 9.59 Å². The van der Waals surface area contributed by atoms with Gasteiger partial charge in [-0.15, -0.1) is 0 Å². The largest absolute Gasteiger partial charge is 0.398 e. The highest BCUT2D eigenvalue weighted by Crippen LogP contribution is 2.30. The van der Waals surface area contributed by atoms with Crippen molar-refractivity contribution in [3.8, 4) is 0 Å². The number of anilines is 2. The lowest BCUT2D eigenvalue weighted by Crippen LogP contribution is -2.35. The van der Waals surface area contributed by atoms with Gasteiger partial charge >= 0.3 is 5.91 Å². The molecule has 5 nitrogen and oxygen atoms in total. The number of Topliss-reactive ketones (excluding diaryl/α,β-unsaturated/α-hetero) is 1. The van der Waals surface area contributed by atoms with Gasteiger partial charge in [0.05, 0.1) is 11.3 Å². The Labute approximate surface area is 73.9 Å². The Kier molecular flexibility index (Phi) is 1.37. The lowest BCUT2D eigenvalue weighted by Gasteiger charge is -2.07. The van der Waals surface area contributed by atoms with E-state index in [-0.39, 0.29) is 11.3 Å². The quantitative estimate of drug-likeness (QED) is 0.246. The van der Waals surface area contributed by atoms with E-state index in [0.717, 1.165) is 5.01 Å². The number of carbonyl (C=O) groups is 2. The maximum Gasteiger partial charge on any atom is 0.313 e. The molecular formula is C8H7N3O2. The summed E-state index contributed by atoms with van der Waals surface area (Å²) in [5, 5.41) is 0.814. The highest BCUT2D eigenvalue weighted by atomic mass is 16.2. The highest BCUT2D eigenvalue weighted by molar-refractivity contribution is 6.53. The monoisotopic (exact) mass is 177 g/mol. The summed E-state index contributed by atoms with van der Waals surface area (Å²) in [5.41, 5.74) is 6.39. The Balaban J connectivity index is 2.73. The van der Waals surface area contributed by atoms with Crippen LogP contribution >= 0.6 is 0 Å². The van der Waals surface area contributed by atoms with E-state index in [4.69, 9.17) is 11.6 Å². The van der Waals surface area contributed by atoms with Crippen LogP contribution in [0.3, 0.4) is 0 Å². The molecule has 0 aliphatic carbocycles. The minimum atomic E-state index is -0.743. The number of rotatable bonds is 0. The Hall–Kier alpha value is -1.88. The summed E-state index contributed by atoms with van der Waals surface area (Å²) in [6, 6.07) is 4.78. The van der Waals surface area contributed by atoms with Crippen LogP contribution in [0.1, 0.15) is 10.4 Å². The molecule has 0 saturated carbocycles. The van der Waals surface area contributed by atoms with Gasteiger partial charge in [-0.1, -0.05) is 6.07 Å². The van der Waals surface area contributed by atoms with Crippen LogP contribution in [0.5, 0.6) is 0 Å². The predicted octanol–water partition coefficient (Wildman–Crippen LogP) is -0.328. The summed E-state index contributed by atoms with van der Waals surface area (Å²) in [6.45, 7) is 0. The number of hydrogen-bond donors (Lipinski definition) is 2. The van der Waals surface area contributed by atoms with Gasteiger partial charge in [-0.2, -0.15) is 0 Å². The third kappa shape index (κ3) is 0.844. The number of benzene rings is 1. The molecule has 2 rings (SSSR count). The lowest BCUT2D eigenvalue weighted by molar-refractivity contribution is -0.114. The van der Waals surface area contributed by atoms with Gasteiger partial charge in [-0.25, -0.2) is 10.9 Å². The fourth-order valence-corrected chi connectivity index (χ4v) is 1.33. The Morgan fingerprint density at radius 2 is 1.92 bits per heavy atom. The molecule has 1 aliphatic rings. The summed E-state index contributed by atoms with van der Waals surface area (Å²) in [6.07, 6.45) is 0. The molecule has 0 radical (unpaired) electrons. The average molecular weight is 177 g/mol. The zero-order valence-corrected chi connectivity index (χ0v) is 6.65. The summed E-state index contributed by atoms with van der Waals surface area (Å²) >= 11 is 0. The van der Waals surface area contributed by atoms with E-state index in [0.29, 0.717) is 5.69 Å². The molecule has 13 heavy (non-hydrogen) atoms. The number of amides is 1. The van der Waals surface area contributed by atoms with Crippen LogP contribution in [0, 0.1) is 0 Å². The minimum absolute atomic E-state index is 0.204. The molecule has 66 valence electrons. The summed E-state index contributed by atoms with van der Waals surface area (Å²) in [4.78, 5) is 22.4. The van der Waals surface area contributed by atoms with E-state index in [1.165, 1.54) is 0 Å². The van der Waals surface area contributed by atoms with E-state index in [9.17, 15) is 9.59 Å². The van der Waals surface area contributed by atoms with Crippen molar-refractivity contribution in [3.63, 3.8) is 0 Å². The molecule has 4 N–H and O–H groups in total. The molecule has 1 heterocycles. The average Bonchev–Trinajstić information content (AvgIpc) is 2.33. The van der Waals surface area contributed by atoms with Crippen molar-refractivity contribution in [2.75, 3.05) is 10.7 Å². The lowest BCUT2D eigenvalue weighted by atomic mass is 10.1. The van der Waals surface area contributed by atoms with Crippen LogP contribution in [-0.2, 0) is 4.79 Å². The normalized spacial score (nSPS) is 15.0. The number of ketones is 1. The summed E-state index contributed by atoms with van der Waals surface area (Å²) in [7, 11) is 0. The van der Waals surface area contributed by atoms with Gasteiger partial charge < -0.3 is 5.73 Å². The van der Waals surface area contributed by atoms with Crippen LogP contribution in [0.4, 0.5) is 11.4 Å². The van der Waals surface area contributed by atoms with Gasteiger partial charge in [0, 0.05) is 5.69 Å². The molecule has 1 aliphatic heterocycles. The Morgan fingerprint density at radius 3 is 2.54 bits per heavy atom. The number of nitrogen functional groups attached to an aromatic ring is 1. The maximum atomic E-state index is 11.3. The molecule has 0 fully saturated rings. The Morgan fingerprint density at radius 1 is 1.23 bits per heavy atom. The fourth-order valence-electron chi connectivity index (χ4n) is 1.33. The van der Waals surface area contributed by atoms with Crippen LogP contribution in [0.2, 0.25) is 0 Å². The summed E-state index contributed by atoms with van der Waals surface area (Å²) < 4.78 is 0. The van der Waals surface area contributed by atoms with E-state index in [1.807, 2.05) is 0 Å². The van der Waals surface area contributed by atoms with Gasteiger partial charge in [-0.05, 0) is 12.1 Å². The van der Waals surface area contributed by atoms with Gasteiger partial charge in [0.2, 0.25) is 0 Å². The van der Waals surface area contributed by atoms with Crippen LogP contribution in [0.25, 0.3) is 0 Å². The number of fused-ring (bicyclic) bond motifs is 1. The molecular weight excluding hydrogens is 170 g/mol. The van der Waals surface area contributed by atoms with E-state index >= 15 is 0 Å². The molecule has 0 saturated heterocycles. The standard InChI is InChI=1S/C8H7N3O2/c9-4-2-1-3-5-6(4)7(12)8(13)11(5)10/h1-3H,9-10H2. The topological polar surface area (TPSA) is 89.4 Å². The first-order valence-corrected chi connectivity index (χ1v) is 3.65. The van der Waals surface area contributed by atoms with Crippen molar-refractivity contribution in [1.29, 1.82) is 0 Å². The third-order valence-corrected chi connectivity index (χ3v) is 1.97. The molecule has 0 unspecified atom stereocenters. The molecule has 0 spiro atoms. The van der Waals surface area contributed by atoms with Crippen LogP contribution < -0.4 is 16.6 Å². The Bertz CT molecular complexity index is 414. The first-order valence-electron chi connectivity index (χ1n) is 3.65. The molecule has 0 bridgehead atoms. The predicted molar refractivity (Wildman–Crippen MR) is 46.9 cm³/mol. The molecule has 1 amide bonds. The van der Waals surface area contributed by atoms with E-state index < -0.39 is 11.7 Å². The SMILES string of the molecule is Nc1cccc2c1C(=O)C(=O)N2N. The molecule has 1 aromatic carbocycles. The highest BCUT2D eigenvalue weighted by Gasteiger charge is 2.35. The summed E-state index contributed by atoms with van der Waals surface area (Å²) in [5.74, 6) is 3.97. The number of hydrazine groups is 1.